The number of carbonyl (C=O) groups excluding carboxylic acids is 2. The van der Waals surface area contributed by atoms with Gasteiger partial charge in [0.05, 0.1) is 13.2 Å². The number of ether oxygens (including phenoxy) is 3. The fraction of sp³-hybridized carbons (Fsp3) is 0.579. The molecule has 0 rings (SSSR count). The second-order valence-electron chi connectivity index (χ2n) is 15.6. The molecule has 0 aromatic rings. The molecule has 0 aliphatic heterocycles. The van der Waals surface area contributed by atoms with Crippen LogP contribution in [0.15, 0.2) is 134 Å². The zero-order valence-electron chi connectivity index (χ0n) is 39.8. The molecule has 1 unspecified atom stereocenters. The molecule has 348 valence electrons. The summed E-state index contributed by atoms with van der Waals surface area (Å²) in [5.74, 6) is -0.495. The summed E-state index contributed by atoms with van der Waals surface area (Å²) in [7, 11) is 0. The van der Waals surface area contributed by atoms with Crippen LogP contribution in [0.3, 0.4) is 0 Å². The minimum absolute atomic E-state index is 0.0292. The molecule has 0 aliphatic rings. The van der Waals surface area contributed by atoms with Crippen LogP contribution in [0.2, 0.25) is 0 Å². The van der Waals surface area contributed by atoms with Gasteiger partial charge >= 0.3 is 11.9 Å². The molecule has 0 spiro atoms. The third kappa shape index (κ3) is 48.7. The Morgan fingerprint density at radius 2 is 0.677 bits per heavy atom. The van der Waals surface area contributed by atoms with E-state index < -0.39 is 6.10 Å². The first-order valence-electron chi connectivity index (χ1n) is 24.7. The van der Waals surface area contributed by atoms with Gasteiger partial charge in [-0.15, -0.1) is 0 Å². The lowest BCUT2D eigenvalue weighted by molar-refractivity contribution is -0.162. The highest BCUT2D eigenvalue weighted by molar-refractivity contribution is 5.70. The maximum atomic E-state index is 12.8. The predicted octanol–water partition coefficient (Wildman–Crippen LogP) is 16.8. The number of hydrogen-bond donors (Lipinski definition) is 0. The molecule has 0 fully saturated rings. The lowest BCUT2D eigenvalue weighted by Crippen LogP contribution is -2.30. The van der Waals surface area contributed by atoms with Gasteiger partial charge in [-0.05, 0) is 116 Å². The molecule has 0 heterocycles. The van der Waals surface area contributed by atoms with Gasteiger partial charge in [-0.2, -0.15) is 0 Å². The number of carbonyl (C=O) groups is 2. The number of unbranched alkanes of at least 4 members (excludes halogenated alkanes) is 10. The van der Waals surface area contributed by atoms with Gasteiger partial charge in [0.1, 0.15) is 6.61 Å². The molecule has 0 amide bonds. The summed E-state index contributed by atoms with van der Waals surface area (Å²) < 4.78 is 17.2. The molecule has 0 aromatic heterocycles. The van der Waals surface area contributed by atoms with Crippen LogP contribution in [0.5, 0.6) is 0 Å². The molecule has 0 N–H and O–H groups in total. The average Bonchev–Trinajstić information content (AvgIpc) is 3.27. The highest BCUT2D eigenvalue weighted by atomic mass is 16.6. The Morgan fingerprint density at radius 3 is 1.10 bits per heavy atom. The number of hydrogen-bond acceptors (Lipinski definition) is 5. The van der Waals surface area contributed by atoms with Crippen LogP contribution in [0, 0.1) is 0 Å². The van der Waals surface area contributed by atoms with E-state index in [1.165, 1.54) is 25.7 Å². The van der Waals surface area contributed by atoms with Crippen LogP contribution < -0.4 is 0 Å². The van der Waals surface area contributed by atoms with E-state index in [2.05, 4.69) is 154 Å². The topological polar surface area (TPSA) is 61.8 Å². The van der Waals surface area contributed by atoms with E-state index in [0.717, 1.165) is 128 Å². The lowest BCUT2D eigenvalue weighted by Gasteiger charge is -2.18. The molecule has 0 saturated carbocycles. The van der Waals surface area contributed by atoms with Crippen molar-refractivity contribution in [3.8, 4) is 0 Å². The van der Waals surface area contributed by atoms with Gasteiger partial charge in [-0.3, -0.25) is 9.59 Å². The van der Waals surface area contributed by atoms with E-state index in [4.69, 9.17) is 14.2 Å². The van der Waals surface area contributed by atoms with E-state index in [0.29, 0.717) is 19.4 Å². The van der Waals surface area contributed by atoms with Crippen LogP contribution in [0.1, 0.15) is 188 Å². The van der Waals surface area contributed by atoms with E-state index in [9.17, 15) is 9.59 Å². The number of allylic oxidation sites excluding steroid dienone is 21. The molecule has 0 radical (unpaired) electrons. The Hall–Kier alpha value is -3.96. The second-order valence-corrected chi connectivity index (χ2v) is 15.6. The molecule has 0 aromatic carbocycles. The van der Waals surface area contributed by atoms with Crippen molar-refractivity contribution in [3.05, 3.63) is 134 Å². The summed E-state index contributed by atoms with van der Waals surface area (Å²) in [6, 6.07) is 0. The Morgan fingerprint density at radius 1 is 0.355 bits per heavy atom. The van der Waals surface area contributed by atoms with Gasteiger partial charge in [0.25, 0.3) is 0 Å². The molecular formula is C57H90O5. The lowest BCUT2D eigenvalue weighted by atomic mass is 10.1. The van der Waals surface area contributed by atoms with Crippen LogP contribution in [0.25, 0.3) is 0 Å². The minimum Gasteiger partial charge on any atom is -0.462 e. The van der Waals surface area contributed by atoms with Crippen LogP contribution in [-0.2, 0) is 23.8 Å². The van der Waals surface area contributed by atoms with Crippen molar-refractivity contribution in [1.82, 2.24) is 0 Å². The Bertz CT molecular complexity index is 1330. The quantitative estimate of drug-likeness (QED) is 0.0347. The summed E-state index contributed by atoms with van der Waals surface area (Å²) in [6.45, 7) is 7.21. The maximum absolute atomic E-state index is 12.8. The zero-order valence-corrected chi connectivity index (χ0v) is 39.8. The largest absolute Gasteiger partial charge is 0.462 e. The van der Waals surface area contributed by atoms with Gasteiger partial charge in [-0.1, -0.05) is 193 Å². The highest BCUT2D eigenvalue weighted by Gasteiger charge is 2.17. The van der Waals surface area contributed by atoms with Gasteiger partial charge < -0.3 is 14.2 Å². The van der Waals surface area contributed by atoms with E-state index in [-0.39, 0.29) is 25.2 Å². The van der Waals surface area contributed by atoms with E-state index in [1.807, 2.05) is 0 Å². The summed E-state index contributed by atoms with van der Waals surface area (Å²) in [5.41, 5.74) is 0. The number of rotatable bonds is 43. The first-order chi connectivity index (χ1) is 30.6. The fourth-order valence-electron chi connectivity index (χ4n) is 6.13. The molecule has 62 heavy (non-hydrogen) atoms. The molecule has 0 bridgehead atoms. The number of esters is 2. The molecule has 1 atom stereocenters. The fourth-order valence-corrected chi connectivity index (χ4v) is 6.13. The van der Waals surface area contributed by atoms with Crippen LogP contribution in [-0.4, -0.2) is 37.9 Å². The third-order valence-electron chi connectivity index (χ3n) is 9.68. The van der Waals surface area contributed by atoms with Crippen molar-refractivity contribution >= 4 is 11.9 Å². The van der Waals surface area contributed by atoms with Crippen molar-refractivity contribution in [2.45, 2.75) is 194 Å². The zero-order chi connectivity index (χ0) is 44.9. The Kier molecular flexibility index (Phi) is 48.1. The first kappa shape index (κ1) is 58.0. The third-order valence-corrected chi connectivity index (χ3v) is 9.68. The molecule has 5 nitrogen and oxygen atoms in total. The van der Waals surface area contributed by atoms with Gasteiger partial charge in [-0.25, -0.2) is 0 Å². The first-order valence-corrected chi connectivity index (χ1v) is 24.7. The molecular weight excluding hydrogens is 765 g/mol. The predicted molar refractivity (Wildman–Crippen MR) is 269 cm³/mol. The van der Waals surface area contributed by atoms with Crippen molar-refractivity contribution in [2.24, 2.45) is 0 Å². The van der Waals surface area contributed by atoms with Gasteiger partial charge in [0.15, 0.2) is 6.10 Å². The van der Waals surface area contributed by atoms with E-state index in [1.54, 1.807) is 0 Å². The standard InChI is InChI=1S/C57H90O5/c1-4-7-10-13-16-19-22-25-27-29-30-33-35-38-41-44-47-50-56(58)61-54-55(62-57(59)51-48-45-42-39-36-32-24-21-18-15-12-9-6-3)53-60-52-49-46-43-40-37-34-31-28-26-23-20-17-14-11-8-5-2/h7-12,16-21,25-28,32,34,36-37,43,46,55H,4-6,13-15,22-24,29-31,33,35,38-42,44-45,47-54H2,1-3H3/b10-7-,11-8-,12-9-,19-16-,20-17-,21-18-,27-25-,28-26-,36-32-,37-34-,46-43-. The van der Waals surface area contributed by atoms with Crippen LogP contribution >= 0.6 is 0 Å². The van der Waals surface area contributed by atoms with Gasteiger partial charge in [0, 0.05) is 12.8 Å². The summed E-state index contributed by atoms with van der Waals surface area (Å²) in [5, 5.41) is 0. The Balaban J connectivity index is 4.46. The monoisotopic (exact) mass is 855 g/mol. The molecule has 0 saturated heterocycles. The molecule has 0 aliphatic carbocycles. The Labute approximate surface area is 381 Å². The maximum Gasteiger partial charge on any atom is 0.306 e. The smallest absolute Gasteiger partial charge is 0.306 e. The molecule has 5 heteroatoms. The van der Waals surface area contributed by atoms with Crippen molar-refractivity contribution in [3.63, 3.8) is 0 Å². The minimum atomic E-state index is -0.604. The highest BCUT2D eigenvalue weighted by Crippen LogP contribution is 2.12. The van der Waals surface area contributed by atoms with Crippen molar-refractivity contribution < 1.29 is 23.8 Å². The normalized spacial score (nSPS) is 13.4. The van der Waals surface area contributed by atoms with Crippen molar-refractivity contribution in [1.29, 1.82) is 0 Å². The average molecular weight is 855 g/mol. The van der Waals surface area contributed by atoms with E-state index >= 15 is 0 Å². The van der Waals surface area contributed by atoms with Crippen molar-refractivity contribution in [2.75, 3.05) is 19.8 Å². The summed E-state index contributed by atoms with van der Waals surface area (Å²) in [4.78, 5) is 25.4. The van der Waals surface area contributed by atoms with Gasteiger partial charge in [0.2, 0.25) is 0 Å². The summed E-state index contributed by atoms with van der Waals surface area (Å²) in [6.07, 6.45) is 73.4. The van der Waals surface area contributed by atoms with Crippen LogP contribution in [0.4, 0.5) is 0 Å². The summed E-state index contributed by atoms with van der Waals surface area (Å²) >= 11 is 0. The SMILES string of the molecule is CC/C=C\C/C=C\C/C=C\C/C=C\C/C=C\CCOCC(COC(=O)CCCCCCCCC/C=C\C/C=C\C/C=C\CC)OC(=O)CCCCC/C=C\C/C=C\C/C=C\CC. The second kappa shape index (κ2) is 51.4.